The second kappa shape index (κ2) is 6.53. The molecule has 0 saturated carbocycles. The Balaban J connectivity index is 2.06. The van der Waals surface area contributed by atoms with Gasteiger partial charge in [0.15, 0.2) is 0 Å². The predicted molar refractivity (Wildman–Crippen MR) is 74.3 cm³/mol. The molecule has 0 aliphatic carbocycles. The Morgan fingerprint density at radius 3 is 2.75 bits per heavy atom. The van der Waals surface area contributed by atoms with E-state index in [1.165, 1.54) is 12.1 Å². The van der Waals surface area contributed by atoms with Crippen LogP contribution in [0.2, 0.25) is 0 Å². The van der Waals surface area contributed by atoms with Crippen LogP contribution < -0.4 is 0 Å². The van der Waals surface area contributed by atoms with Crippen molar-refractivity contribution in [1.29, 1.82) is 0 Å². The molecule has 1 aromatic carbocycles. The van der Waals surface area contributed by atoms with Crippen LogP contribution >= 0.6 is 0 Å². The Labute approximate surface area is 118 Å². The number of hydrogen-bond donors (Lipinski definition) is 0. The van der Waals surface area contributed by atoms with Gasteiger partial charge in [0, 0.05) is 19.7 Å². The molecule has 1 saturated heterocycles. The fourth-order valence-corrected chi connectivity index (χ4v) is 2.40. The molecule has 20 heavy (non-hydrogen) atoms. The van der Waals surface area contributed by atoms with Crippen LogP contribution in [-0.2, 0) is 9.53 Å². The summed E-state index contributed by atoms with van der Waals surface area (Å²) in [4.78, 5) is 13.5. The minimum atomic E-state index is -0.258. The van der Waals surface area contributed by atoms with E-state index in [1.807, 2.05) is 0 Å². The van der Waals surface area contributed by atoms with Crippen LogP contribution in [0.25, 0.3) is 0 Å². The number of halogens is 1. The molecule has 2 unspecified atom stereocenters. The van der Waals surface area contributed by atoms with E-state index >= 15 is 0 Å². The van der Waals surface area contributed by atoms with Crippen LogP contribution in [0.4, 0.5) is 4.39 Å². The van der Waals surface area contributed by atoms with Crippen molar-refractivity contribution in [2.24, 2.45) is 0 Å². The molecule has 0 N–H and O–H groups in total. The highest BCUT2D eigenvalue weighted by Crippen LogP contribution is 2.30. The van der Waals surface area contributed by atoms with Gasteiger partial charge in [-0.15, -0.1) is 0 Å². The number of hydrogen-bond acceptors (Lipinski definition) is 2. The Morgan fingerprint density at radius 1 is 1.40 bits per heavy atom. The maximum atomic E-state index is 12.9. The van der Waals surface area contributed by atoms with Gasteiger partial charge in [-0.05, 0) is 43.4 Å². The molecule has 0 bridgehead atoms. The summed E-state index contributed by atoms with van der Waals surface area (Å²) in [5, 5.41) is 0. The highest BCUT2D eigenvalue weighted by molar-refractivity contribution is 5.93. The van der Waals surface area contributed by atoms with Crippen molar-refractivity contribution in [3.8, 4) is 11.8 Å². The minimum absolute atomic E-state index is 0.0980. The van der Waals surface area contributed by atoms with Crippen molar-refractivity contribution in [1.82, 2.24) is 4.90 Å². The van der Waals surface area contributed by atoms with Gasteiger partial charge in [0.2, 0.25) is 0 Å². The van der Waals surface area contributed by atoms with Crippen molar-refractivity contribution in [3.05, 3.63) is 35.6 Å². The molecule has 1 aliphatic heterocycles. The first kappa shape index (κ1) is 14.5. The molecule has 1 aliphatic rings. The van der Waals surface area contributed by atoms with Crippen LogP contribution in [0.5, 0.6) is 0 Å². The first-order chi connectivity index (χ1) is 9.61. The SMILES string of the molecule is CC#CC(=O)N(C)C1CCOC(c2ccc(F)cc2)C1. The summed E-state index contributed by atoms with van der Waals surface area (Å²) in [6, 6.07) is 6.43. The van der Waals surface area contributed by atoms with Gasteiger partial charge in [-0.2, -0.15) is 0 Å². The van der Waals surface area contributed by atoms with E-state index in [-0.39, 0.29) is 23.9 Å². The molecule has 106 valence electrons. The Morgan fingerprint density at radius 2 is 2.10 bits per heavy atom. The zero-order valence-electron chi connectivity index (χ0n) is 11.7. The number of nitrogens with zero attached hydrogens (tertiary/aromatic N) is 1. The Kier molecular flexibility index (Phi) is 4.75. The maximum Gasteiger partial charge on any atom is 0.298 e. The average molecular weight is 275 g/mol. The zero-order valence-corrected chi connectivity index (χ0v) is 11.7. The smallest absolute Gasteiger partial charge is 0.298 e. The molecular weight excluding hydrogens is 257 g/mol. The van der Waals surface area contributed by atoms with E-state index in [4.69, 9.17) is 4.74 Å². The van der Waals surface area contributed by atoms with Crippen LogP contribution in [0.15, 0.2) is 24.3 Å². The monoisotopic (exact) mass is 275 g/mol. The lowest BCUT2D eigenvalue weighted by Crippen LogP contribution is -2.40. The van der Waals surface area contributed by atoms with Gasteiger partial charge in [-0.25, -0.2) is 4.39 Å². The van der Waals surface area contributed by atoms with E-state index < -0.39 is 0 Å². The molecule has 2 atom stereocenters. The lowest BCUT2D eigenvalue weighted by Gasteiger charge is -2.34. The highest BCUT2D eigenvalue weighted by Gasteiger charge is 2.28. The number of ether oxygens (including phenoxy) is 1. The van der Waals surface area contributed by atoms with Gasteiger partial charge < -0.3 is 9.64 Å². The summed E-state index contributed by atoms with van der Waals surface area (Å²) in [7, 11) is 1.77. The molecular formula is C16H18FNO2. The van der Waals surface area contributed by atoms with Crippen LogP contribution in [0, 0.1) is 17.7 Å². The fourth-order valence-electron chi connectivity index (χ4n) is 2.40. The van der Waals surface area contributed by atoms with E-state index in [0.29, 0.717) is 13.0 Å². The topological polar surface area (TPSA) is 29.5 Å². The van der Waals surface area contributed by atoms with Crippen LogP contribution in [0.3, 0.4) is 0 Å². The van der Waals surface area contributed by atoms with Crippen LogP contribution in [-0.4, -0.2) is 30.5 Å². The molecule has 1 heterocycles. The number of carbonyl (C=O) groups is 1. The Hall–Kier alpha value is -1.86. The normalized spacial score (nSPS) is 21.8. The maximum absolute atomic E-state index is 12.9. The Bertz CT molecular complexity index is 530. The summed E-state index contributed by atoms with van der Waals surface area (Å²) in [5.74, 6) is 4.75. The third kappa shape index (κ3) is 3.37. The van der Waals surface area contributed by atoms with Gasteiger partial charge in [0.05, 0.1) is 6.10 Å². The number of benzene rings is 1. The number of amides is 1. The third-order valence-electron chi connectivity index (χ3n) is 3.60. The summed E-state index contributed by atoms with van der Waals surface area (Å²) in [5.41, 5.74) is 0.943. The van der Waals surface area contributed by atoms with Gasteiger partial charge >= 0.3 is 0 Å². The van der Waals surface area contributed by atoms with Gasteiger partial charge in [-0.1, -0.05) is 18.1 Å². The fraction of sp³-hybridized carbons (Fsp3) is 0.438. The minimum Gasteiger partial charge on any atom is -0.373 e. The second-order valence-corrected chi connectivity index (χ2v) is 4.88. The second-order valence-electron chi connectivity index (χ2n) is 4.88. The highest BCUT2D eigenvalue weighted by atomic mass is 19.1. The summed E-state index contributed by atoms with van der Waals surface area (Å²) in [6.45, 7) is 2.24. The first-order valence-electron chi connectivity index (χ1n) is 6.68. The van der Waals surface area contributed by atoms with Crippen molar-refractivity contribution in [3.63, 3.8) is 0 Å². The molecule has 4 heteroatoms. The first-order valence-corrected chi connectivity index (χ1v) is 6.68. The number of rotatable bonds is 2. The average Bonchev–Trinajstić information content (AvgIpc) is 2.47. The standard InChI is InChI=1S/C16H18FNO2/c1-3-4-16(19)18(2)14-9-10-20-15(11-14)12-5-7-13(17)8-6-12/h5-8,14-15H,9-11H2,1-2H3. The molecule has 3 nitrogen and oxygen atoms in total. The van der Waals surface area contributed by atoms with Gasteiger partial charge in [0.25, 0.3) is 5.91 Å². The molecule has 2 rings (SSSR count). The largest absolute Gasteiger partial charge is 0.373 e. The third-order valence-corrected chi connectivity index (χ3v) is 3.60. The molecule has 1 fully saturated rings. The summed E-state index contributed by atoms with van der Waals surface area (Å²) < 4.78 is 18.7. The lowest BCUT2D eigenvalue weighted by molar-refractivity contribution is -0.128. The molecule has 1 amide bonds. The molecule has 1 aromatic rings. The van der Waals surface area contributed by atoms with Gasteiger partial charge in [-0.3, -0.25) is 4.79 Å². The van der Waals surface area contributed by atoms with Crippen LogP contribution in [0.1, 0.15) is 31.4 Å². The quantitative estimate of drug-likeness (QED) is 0.776. The zero-order chi connectivity index (χ0) is 14.5. The molecule has 0 radical (unpaired) electrons. The number of carbonyl (C=O) groups excluding carboxylic acids is 1. The van der Waals surface area contributed by atoms with Crippen molar-refractivity contribution >= 4 is 5.91 Å². The van der Waals surface area contributed by atoms with E-state index in [1.54, 1.807) is 31.0 Å². The summed E-state index contributed by atoms with van der Waals surface area (Å²) in [6.07, 6.45) is 1.41. The van der Waals surface area contributed by atoms with E-state index in [9.17, 15) is 9.18 Å². The van der Waals surface area contributed by atoms with Crippen molar-refractivity contribution < 1.29 is 13.9 Å². The lowest BCUT2D eigenvalue weighted by atomic mass is 9.96. The van der Waals surface area contributed by atoms with Gasteiger partial charge in [0.1, 0.15) is 5.82 Å². The summed E-state index contributed by atoms with van der Waals surface area (Å²) >= 11 is 0. The predicted octanol–water partition coefficient (Wildman–Crippen LogP) is 2.53. The van der Waals surface area contributed by atoms with Crippen molar-refractivity contribution in [2.75, 3.05) is 13.7 Å². The van der Waals surface area contributed by atoms with E-state index in [2.05, 4.69) is 11.8 Å². The molecule has 0 aromatic heterocycles. The van der Waals surface area contributed by atoms with Crippen molar-refractivity contribution in [2.45, 2.75) is 31.9 Å². The van der Waals surface area contributed by atoms with E-state index in [0.717, 1.165) is 12.0 Å². The molecule has 0 spiro atoms.